The van der Waals surface area contributed by atoms with Crippen LogP contribution < -0.4 is 5.32 Å². The average molecular weight is 387 g/mol. The SMILES string of the molecule is CN(C)S(=O)(=O)c1ccc(C(=O)NCc2ccc(Cl)cc2Cl)cc1. The third-order valence-corrected chi connectivity index (χ3v) is 5.77. The number of sulfonamides is 1. The van der Waals surface area contributed by atoms with Crippen LogP contribution in [0.2, 0.25) is 10.0 Å². The summed E-state index contributed by atoms with van der Waals surface area (Å²) >= 11 is 11.9. The molecule has 0 bridgehead atoms. The van der Waals surface area contributed by atoms with Crippen molar-refractivity contribution in [1.82, 2.24) is 9.62 Å². The van der Waals surface area contributed by atoms with Crippen molar-refractivity contribution in [1.29, 1.82) is 0 Å². The summed E-state index contributed by atoms with van der Waals surface area (Å²) in [4.78, 5) is 12.3. The van der Waals surface area contributed by atoms with Crippen molar-refractivity contribution in [3.8, 4) is 0 Å². The third-order valence-electron chi connectivity index (χ3n) is 3.35. The highest BCUT2D eigenvalue weighted by Gasteiger charge is 2.17. The Bertz CT molecular complexity index is 850. The number of benzene rings is 2. The second kappa shape index (κ2) is 7.53. The largest absolute Gasteiger partial charge is 0.348 e. The lowest BCUT2D eigenvalue weighted by atomic mass is 10.2. The molecule has 1 N–H and O–H groups in total. The molecule has 1 amide bonds. The molecule has 24 heavy (non-hydrogen) atoms. The first-order chi connectivity index (χ1) is 11.2. The maximum atomic E-state index is 12.2. The van der Waals surface area contributed by atoms with Crippen molar-refractivity contribution in [2.75, 3.05) is 14.1 Å². The Kier molecular flexibility index (Phi) is 5.87. The number of hydrogen-bond donors (Lipinski definition) is 1. The molecule has 0 radical (unpaired) electrons. The second-order valence-corrected chi connectivity index (χ2v) is 8.23. The molecule has 0 atom stereocenters. The van der Waals surface area contributed by atoms with Gasteiger partial charge in [-0.3, -0.25) is 4.79 Å². The molecule has 5 nitrogen and oxygen atoms in total. The molecule has 128 valence electrons. The normalized spacial score (nSPS) is 11.5. The predicted molar refractivity (Wildman–Crippen MR) is 94.9 cm³/mol. The summed E-state index contributed by atoms with van der Waals surface area (Å²) in [5, 5.41) is 3.72. The summed E-state index contributed by atoms with van der Waals surface area (Å²) in [6.07, 6.45) is 0. The zero-order chi connectivity index (χ0) is 17.9. The van der Waals surface area contributed by atoms with Crippen LogP contribution in [0.1, 0.15) is 15.9 Å². The van der Waals surface area contributed by atoms with Gasteiger partial charge in [0.2, 0.25) is 10.0 Å². The average Bonchev–Trinajstić information content (AvgIpc) is 2.53. The summed E-state index contributed by atoms with van der Waals surface area (Å²) < 4.78 is 25.1. The highest BCUT2D eigenvalue weighted by molar-refractivity contribution is 7.89. The fraction of sp³-hybridized carbons (Fsp3) is 0.188. The molecule has 0 fully saturated rings. The van der Waals surface area contributed by atoms with E-state index in [0.717, 1.165) is 9.87 Å². The number of amides is 1. The van der Waals surface area contributed by atoms with E-state index in [-0.39, 0.29) is 17.3 Å². The quantitative estimate of drug-likeness (QED) is 0.857. The lowest BCUT2D eigenvalue weighted by Gasteiger charge is -2.12. The van der Waals surface area contributed by atoms with Gasteiger partial charge in [0.1, 0.15) is 0 Å². The van der Waals surface area contributed by atoms with Crippen molar-refractivity contribution in [2.24, 2.45) is 0 Å². The number of nitrogens with zero attached hydrogens (tertiary/aromatic N) is 1. The van der Waals surface area contributed by atoms with Gasteiger partial charge in [0.15, 0.2) is 0 Å². The van der Waals surface area contributed by atoms with Crippen LogP contribution >= 0.6 is 23.2 Å². The van der Waals surface area contributed by atoms with E-state index in [1.54, 1.807) is 18.2 Å². The molecular weight excluding hydrogens is 371 g/mol. The molecule has 0 aromatic heterocycles. The van der Waals surface area contributed by atoms with Crippen LogP contribution in [0.25, 0.3) is 0 Å². The number of nitrogens with one attached hydrogen (secondary N) is 1. The van der Waals surface area contributed by atoms with E-state index in [2.05, 4.69) is 5.32 Å². The monoisotopic (exact) mass is 386 g/mol. The molecule has 0 aliphatic rings. The first-order valence-electron chi connectivity index (χ1n) is 6.96. The standard InChI is InChI=1S/C16H16Cl2N2O3S/c1-20(2)24(22,23)14-7-4-11(5-8-14)16(21)19-10-12-3-6-13(17)9-15(12)18/h3-9H,10H2,1-2H3,(H,19,21). The van der Waals surface area contributed by atoms with Gasteiger partial charge >= 0.3 is 0 Å². The van der Waals surface area contributed by atoms with Crippen molar-refractivity contribution in [3.05, 3.63) is 63.6 Å². The Morgan fingerprint density at radius 2 is 1.71 bits per heavy atom. The number of carbonyl (C=O) groups is 1. The molecule has 0 unspecified atom stereocenters. The van der Waals surface area contributed by atoms with Gasteiger partial charge in [-0.25, -0.2) is 12.7 Å². The van der Waals surface area contributed by atoms with Crippen molar-refractivity contribution in [2.45, 2.75) is 11.4 Å². The minimum atomic E-state index is -3.51. The number of hydrogen-bond acceptors (Lipinski definition) is 3. The maximum absolute atomic E-state index is 12.2. The molecular formula is C16H16Cl2N2O3S. The van der Waals surface area contributed by atoms with E-state index in [0.29, 0.717) is 15.6 Å². The van der Waals surface area contributed by atoms with Crippen LogP contribution in [0.15, 0.2) is 47.4 Å². The molecule has 8 heteroatoms. The molecule has 0 aliphatic heterocycles. The predicted octanol–water partition coefficient (Wildman–Crippen LogP) is 3.17. The lowest BCUT2D eigenvalue weighted by Crippen LogP contribution is -2.24. The van der Waals surface area contributed by atoms with Crippen LogP contribution in [0, 0.1) is 0 Å². The highest BCUT2D eigenvalue weighted by Crippen LogP contribution is 2.21. The smallest absolute Gasteiger partial charge is 0.251 e. The van der Waals surface area contributed by atoms with Crippen LogP contribution in [0.5, 0.6) is 0 Å². The molecule has 0 saturated heterocycles. The zero-order valence-corrected chi connectivity index (χ0v) is 15.4. The van der Waals surface area contributed by atoms with Gasteiger partial charge in [0, 0.05) is 36.2 Å². The number of carbonyl (C=O) groups excluding carboxylic acids is 1. The molecule has 0 spiro atoms. The van der Waals surface area contributed by atoms with Crippen molar-refractivity contribution < 1.29 is 13.2 Å². The van der Waals surface area contributed by atoms with Gasteiger partial charge in [0.25, 0.3) is 5.91 Å². The molecule has 2 aromatic rings. The summed E-state index contributed by atoms with van der Waals surface area (Å²) in [7, 11) is -0.612. The first kappa shape index (κ1) is 18.7. The second-order valence-electron chi connectivity index (χ2n) is 5.23. The fourth-order valence-corrected chi connectivity index (χ4v) is 3.31. The van der Waals surface area contributed by atoms with Crippen LogP contribution in [-0.4, -0.2) is 32.7 Å². The Balaban J connectivity index is 2.08. The van der Waals surface area contributed by atoms with E-state index >= 15 is 0 Å². The van der Waals surface area contributed by atoms with Gasteiger partial charge in [-0.05, 0) is 42.0 Å². The third kappa shape index (κ3) is 4.27. The lowest BCUT2D eigenvalue weighted by molar-refractivity contribution is 0.0951. The summed E-state index contributed by atoms with van der Waals surface area (Å²) in [6, 6.07) is 10.8. The van der Waals surface area contributed by atoms with Crippen LogP contribution in [0.4, 0.5) is 0 Å². The van der Waals surface area contributed by atoms with Gasteiger partial charge in [-0.15, -0.1) is 0 Å². The number of rotatable bonds is 5. The number of halogens is 2. The summed E-state index contributed by atoms with van der Waals surface area (Å²) in [6.45, 7) is 0.243. The van der Waals surface area contributed by atoms with E-state index in [1.807, 2.05) is 0 Å². The summed E-state index contributed by atoms with van der Waals surface area (Å²) in [5.41, 5.74) is 1.10. The van der Waals surface area contributed by atoms with E-state index < -0.39 is 10.0 Å². The minimum Gasteiger partial charge on any atom is -0.348 e. The highest BCUT2D eigenvalue weighted by atomic mass is 35.5. The molecule has 0 aliphatic carbocycles. The summed E-state index contributed by atoms with van der Waals surface area (Å²) in [5.74, 6) is -0.324. The van der Waals surface area contributed by atoms with Crippen LogP contribution in [0.3, 0.4) is 0 Å². The van der Waals surface area contributed by atoms with E-state index in [4.69, 9.17) is 23.2 Å². The Labute approximate surface area is 151 Å². The molecule has 0 heterocycles. The topological polar surface area (TPSA) is 66.5 Å². The molecule has 0 saturated carbocycles. The maximum Gasteiger partial charge on any atom is 0.251 e. The molecule has 2 aromatic carbocycles. The van der Waals surface area contributed by atoms with Gasteiger partial charge in [-0.2, -0.15) is 0 Å². The Morgan fingerprint density at radius 1 is 1.08 bits per heavy atom. The van der Waals surface area contributed by atoms with E-state index in [1.165, 1.54) is 38.4 Å². The zero-order valence-electron chi connectivity index (χ0n) is 13.1. The Morgan fingerprint density at radius 3 is 2.25 bits per heavy atom. The Hall–Kier alpha value is -1.60. The van der Waals surface area contributed by atoms with E-state index in [9.17, 15) is 13.2 Å². The van der Waals surface area contributed by atoms with Gasteiger partial charge < -0.3 is 5.32 Å². The van der Waals surface area contributed by atoms with Crippen molar-refractivity contribution >= 4 is 39.1 Å². The van der Waals surface area contributed by atoms with Crippen molar-refractivity contribution in [3.63, 3.8) is 0 Å². The van der Waals surface area contributed by atoms with Gasteiger partial charge in [-0.1, -0.05) is 29.3 Å². The van der Waals surface area contributed by atoms with Gasteiger partial charge in [0.05, 0.1) is 4.90 Å². The van der Waals surface area contributed by atoms with Crippen LogP contribution in [-0.2, 0) is 16.6 Å². The first-order valence-corrected chi connectivity index (χ1v) is 9.16. The fourth-order valence-electron chi connectivity index (χ4n) is 1.93. The molecule has 2 rings (SSSR count). The minimum absolute atomic E-state index is 0.129.